The minimum Gasteiger partial charge on any atom is -0.374 e. The Hall–Kier alpha value is -1.27. The Kier molecular flexibility index (Phi) is 3.53. The molecule has 17 heavy (non-hydrogen) atoms. The van der Waals surface area contributed by atoms with Crippen molar-refractivity contribution < 1.29 is 4.74 Å². The van der Waals surface area contributed by atoms with Crippen molar-refractivity contribution in [1.29, 1.82) is 0 Å². The first kappa shape index (κ1) is 12.2. The molecule has 0 saturated heterocycles. The van der Waals surface area contributed by atoms with Gasteiger partial charge in [-0.2, -0.15) is 0 Å². The van der Waals surface area contributed by atoms with E-state index in [9.17, 15) is 0 Å². The maximum atomic E-state index is 5.60. The normalized spacial score (nSPS) is 12.2. The molecule has 0 spiro atoms. The number of aromatic amines is 1. The van der Waals surface area contributed by atoms with E-state index in [1.165, 1.54) is 6.04 Å². The summed E-state index contributed by atoms with van der Waals surface area (Å²) in [5.41, 5.74) is 1.56. The van der Waals surface area contributed by atoms with E-state index in [-0.39, 0.29) is 0 Å². The molecular weight excluding hydrogens is 232 g/mol. The topological polar surface area (TPSA) is 63.7 Å². The zero-order valence-electron chi connectivity index (χ0n) is 10.5. The van der Waals surface area contributed by atoms with Crippen molar-refractivity contribution in [3.8, 4) is 0 Å². The molecule has 0 fully saturated rings. The van der Waals surface area contributed by atoms with Gasteiger partial charge in [-0.15, -0.1) is 0 Å². The SMILES string of the molecule is C[Si](C)(C)CCOCc1ncc2nc[nH]c2n1. The second-order valence-corrected chi connectivity index (χ2v) is 10.9. The lowest BCUT2D eigenvalue weighted by molar-refractivity contribution is 0.127. The fraction of sp³-hybridized carbons (Fsp3) is 0.545. The Balaban J connectivity index is 1.86. The summed E-state index contributed by atoms with van der Waals surface area (Å²) in [6.07, 6.45) is 3.34. The van der Waals surface area contributed by atoms with Crippen LogP contribution in [0.15, 0.2) is 12.5 Å². The van der Waals surface area contributed by atoms with Crippen LogP contribution in [0.25, 0.3) is 11.2 Å². The molecule has 92 valence electrons. The summed E-state index contributed by atoms with van der Waals surface area (Å²) < 4.78 is 5.60. The van der Waals surface area contributed by atoms with Crippen LogP contribution < -0.4 is 0 Å². The van der Waals surface area contributed by atoms with Crippen LogP contribution in [0.3, 0.4) is 0 Å². The molecule has 6 heteroatoms. The maximum Gasteiger partial charge on any atom is 0.160 e. The standard InChI is InChI=1S/C11H18N4OSi/c1-17(2,3)5-4-16-7-10-12-6-9-11(15-10)14-8-13-9/h6,8H,4-5,7H2,1-3H3,(H,12,13,14,15). The van der Waals surface area contributed by atoms with Crippen molar-refractivity contribution in [1.82, 2.24) is 19.9 Å². The lowest BCUT2D eigenvalue weighted by atomic mass is 10.5. The van der Waals surface area contributed by atoms with Crippen LogP contribution in [0.4, 0.5) is 0 Å². The van der Waals surface area contributed by atoms with Crippen molar-refractivity contribution in [3.05, 3.63) is 18.3 Å². The number of aromatic nitrogens is 4. The van der Waals surface area contributed by atoms with Gasteiger partial charge in [-0.3, -0.25) is 0 Å². The largest absolute Gasteiger partial charge is 0.374 e. The van der Waals surface area contributed by atoms with E-state index in [0.29, 0.717) is 12.4 Å². The Morgan fingerprint density at radius 1 is 1.29 bits per heavy atom. The molecule has 0 amide bonds. The first-order valence-corrected chi connectivity index (χ1v) is 9.48. The molecule has 0 atom stereocenters. The minimum absolute atomic E-state index is 0.472. The summed E-state index contributed by atoms with van der Waals surface area (Å²) in [5.74, 6) is 0.706. The van der Waals surface area contributed by atoms with E-state index in [0.717, 1.165) is 17.8 Å². The van der Waals surface area contributed by atoms with Gasteiger partial charge in [0.25, 0.3) is 0 Å². The number of imidazole rings is 1. The first-order valence-electron chi connectivity index (χ1n) is 5.77. The fourth-order valence-electron chi connectivity index (χ4n) is 1.39. The third kappa shape index (κ3) is 3.60. The van der Waals surface area contributed by atoms with Gasteiger partial charge in [0.1, 0.15) is 12.1 Å². The maximum absolute atomic E-state index is 5.60. The lowest BCUT2D eigenvalue weighted by Crippen LogP contribution is -2.21. The molecule has 0 aliphatic carbocycles. The summed E-state index contributed by atoms with van der Waals surface area (Å²) in [6, 6.07) is 1.17. The van der Waals surface area contributed by atoms with Gasteiger partial charge in [-0.25, -0.2) is 15.0 Å². The highest BCUT2D eigenvalue weighted by Gasteiger charge is 2.12. The third-order valence-corrected chi connectivity index (χ3v) is 4.16. The molecule has 2 aromatic heterocycles. The molecule has 0 aliphatic heterocycles. The smallest absolute Gasteiger partial charge is 0.160 e. The third-order valence-electron chi connectivity index (χ3n) is 2.45. The van der Waals surface area contributed by atoms with Gasteiger partial charge < -0.3 is 9.72 Å². The average Bonchev–Trinajstić information content (AvgIpc) is 2.70. The molecular formula is C11H18N4OSi. The summed E-state index contributed by atoms with van der Waals surface area (Å²) in [7, 11) is -1.01. The van der Waals surface area contributed by atoms with Crippen LogP contribution in [0.5, 0.6) is 0 Å². The number of rotatable bonds is 5. The van der Waals surface area contributed by atoms with Crippen LogP contribution in [0.1, 0.15) is 5.82 Å². The number of hydrogen-bond acceptors (Lipinski definition) is 4. The van der Waals surface area contributed by atoms with Gasteiger partial charge >= 0.3 is 0 Å². The first-order chi connectivity index (χ1) is 8.04. The molecule has 0 aromatic carbocycles. The lowest BCUT2D eigenvalue weighted by Gasteiger charge is -2.14. The molecule has 1 N–H and O–H groups in total. The van der Waals surface area contributed by atoms with Gasteiger partial charge in [0.2, 0.25) is 0 Å². The molecule has 0 radical (unpaired) electrons. The van der Waals surface area contributed by atoms with E-state index >= 15 is 0 Å². The molecule has 0 bridgehead atoms. The highest BCUT2D eigenvalue weighted by molar-refractivity contribution is 6.76. The minimum atomic E-state index is -1.01. The zero-order chi connectivity index (χ0) is 12.3. The number of nitrogens with one attached hydrogen (secondary N) is 1. The van der Waals surface area contributed by atoms with E-state index in [1.807, 2.05) is 0 Å². The van der Waals surface area contributed by atoms with E-state index in [2.05, 4.69) is 39.6 Å². The van der Waals surface area contributed by atoms with Crippen LogP contribution in [-0.4, -0.2) is 34.6 Å². The second kappa shape index (κ2) is 4.93. The van der Waals surface area contributed by atoms with Crippen LogP contribution in [0.2, 0.25) is 25.7 Å². The van der Waals surface area contributed by atoms with Crippen molar-refractivity contribution in [2.75, 3.05) is 6.61 Å². The Labute approximate surface area is 102 Å². The Morgan fingerprint density at radius 3 is 2.88 bits per heavy atom. The van der Waals surface area contributed by atoms with E-state index in [4.69, 9.17) is 4.74 Å². The highest BCUT2D eigenvalue weighted by Crippen LogP contribution is 2.09. The molecule has 5 nitrogen and oxygen atoms in total. The molecule has 2 rings (SSSR count). The van der Waals surface area contributed by atoms with Gasteiger partial charge in [0.05, 0.1) is 12.5 Å². The van der Waals surface area contributed by atoms with Gasteiger partial charge in [-0.1, -0.05) is 19.6 Å². The van der Waals surface area contributed by atoms with E-state index in [1.54, 1.807) is 12.5 Å². The quantitative estimate of drug-likeness (QED) is 0.652. The molecule has 2 heterocycles. The molecule has 2 aromatic rings. The number of H-pyrrole nitrogens is 1. The van der Waals surface area contributed by atoms with Crippen LogP contribution in [-0.2, 0) is 11.3 Å². The second-order valence-electron chi connectivity index (χ2n) is 5.29. The number of fused-ring (bicyclic) bond motifs is 1. The predicted molar refractivity (Wildman–Crippen MR) is 69.5 cm³/mol. The Morgan fingerprint density at radius 2 is 2.12 bits per heavy atom. The van der Waals surface area contributed by atoms with Crippen molar-refractivity contribution in [2.24, 2.45) is 0 Å². The highest BCUT2D eigenvalue weighted by atomic mass is 28.3. The Bertz CT molecular complexity index is 491. The monoisotopic (exact) mass is 250 g/mol. The zero-order valence-corrected chi connectivity index (χ0v) is 11.5. The predicted octanol–water partition coefficient (Wildman–Crippen LogP) is 2.21. The van der Waals surface area contributed by atoms with Gasteiger partial charge in [0, 0.05) is 14.7 Å². The summed E-state index contributed by atoms with van der Waals surface area (Å²) in [5, 5.41) is 0. The summed E-state index contributed by atoms with van der Waals surface area (Å²) >= 11 is 0. The number of ether oxygens (including phenoxy) is 1. The number of nitrogens with zero attached hydrogens (tertiary/aromatic N) is 3. The van der Waals surface area contributed by atoms with Crippen molar-refractivity contribution >= 4 is 19.2 Å². The van der Waals surface area contributed by atoms with Crippen LogP contribution >= 0.6 is 0 Å². The molecule has 0 aliphatic rings. The van der Waals surface area contributed by atoms with Crippen molar-refractivity contribution in [2.45, 2.75) is 32.3 Å². The van der Waals surface area contributed by atoms with Gasteiger partial charge in [0.15, 0.2) is 11.5 Å². The molecule has 0 unspecified atom stereocenters. The summed E-state index contributed by atoms with van der Waals surface area (Å²) in [4.78, 5) is 15.6. The average molecular weight is 250 g/mol. The van der Waals surface area contributed by atoms with Crippen molar-refractivity contribution in [3.63, 3.8) is 0 Å². The summed E-state index contributed by atoms with van der Waals surface area (Å²) in [6.45, 7) is 8.27. The van der Waals surface area contributed by atoms with Gasteiger partial charge in [-0.05, 0) is 6.04 Å². The van der Waals surface area contributed by atoms with E-state index < -0.39 is 8.07 Å². The fourth-order valence-corrected chi connectivity index (χ4v) is 2.14. The number of hydrogen-bond donors (Lipinski definition) is 1. The molecule has 0 saturated carbocycles. The van der Waals surface area contributed by atoms with Crippen LogP contribution in [0, 0.1) is 0 Å².